The molecule has 1 aliphatic rings. The highest BCUT2D eigenvalue weighted by Crippen LogP contribution is 2.32. The van der Waals surface area contributed by atoms with E-state index in [0.29, 0.717) is 43.9 Å². The lowest BCUT2D eigenvalue weighted by molar-refractivity contribution is -0.139. The normalized spacial score (nSPS) is 15.0. The Morgan fingerprint density at radius 1 is 1.12 bits per heavy atom. The van der Waals surface area contributed by atoms with Crippen molar-refractivity contribution in [3.63, 3.8) is 0 Å². The lowest BCUT2D eigenvalue weighted by atomic mass is 9.93. The Hall–Kier alpha value is -3.46. The highest BCUT2D eigenvalue weighted by atomic mass is 79.9. The van der Waals surface area contributed by atoms with Gasteiger partial charge in [0.2, 0.25) is 0 Å². The molecule has 4 aromatic rings. The summed E-state index contributed by atoms with van der Waals surface area (Å²) in [6.07, 6.45) is 1.83. The first-order valence-corrected chi connectivity index (χ1v) is 15.6. The van der Waals surface area contributed by atoms with Gasteiger partial charge in [0.05, 0.1) is 32.9 Å². The van der Waals surface area contributed by atoms with E-state index in [-0.39, 0.29) is 12.2 Å². The predicted octanol–water partition coefficient (Wildman–Crippen LogP) is 6.92. The van der Waals surface area contributed by atoms with Crippen LogP contribution in [0.25, 0.3) is 6.08 Å². The van der Waals surface area contributed by atoms with Crippen LogP contribution < -0.4 is 19.6 Å². The number of hydrogen-bond acceptors (Lipinski definition) is 6. The summed E-state index contributed by atoms with van der Waals surface area (Å²) in [6, 6.07) is 20.6. The van der Waals surface area contributed by atoms with E-state index in [4.69, 9.17) is 21.1 Å². The number of hydrogen-bond donors (Lipinski definition) is 0. The molecule has 1 aromatic heterocycles. The SMILES string of the molecule is CCOC(=O)C1=C(C)N=c2s/c(=C\c3ccc(OCc4ccc(Cl)cc4)c(Br)c3)c(=O)n2[C@H]1c1ccc(C(C)C)cc1. The van der Waals surface area contributed by atoms with Gasteiger partial charge in [-0.25, -0.2) is 9.79 Å². The summed E-state index contributed by atoms with van der Waals surface area (Å²) < 4.78 is 14.3. The quantitative estimate of drug-likeness (QED) is 0.192. The van der Waals surface area contributed by atoms with Gasteiger partial charge >= 0.3 is 5.97 Å². The molecule has 0 unspecified atom stereocenters. The number of benzene rings is 3. The van der Waals surface area contributed by atoms with Gasteiger partial charge in [0.15, 0.2) is 4.80 Å². The van der Waals surface area contributed by atoms with E-state index in [9.17, 15) is 9.59 Å². The number of carbonyl (C=O) groups excluding carboxylic acids is 1. The van der Waals surface area contributed by atoms with E-state index in [1.807, 2.05) is 72.8 Å². The molecule has 0 fully saturated rings. The van der Waals surface area contributed by atoms with Gasteiger partial charge < -0.3 is 9.47 Å². The number of ether oxygens (including phenoxy) is 2. The number of nitrogens with zero attached hydrogens (tertiary/aromatic N) is 2. The smallest absolute Gasteiger partial charge is 0.338 e. The highest BCUT2D eigenvalue weighted by Gasteiger charge is 2.33. The summed E-state index contributed by atoms with van der Waals surface area (Å²) in [6.45, 7) is 8.44. The Labute approximate surface area is 261 Å². The zero-order valence-corrected chi connectivity index (χ0v) is 26.8. The highest BCUT2D eigenvalue weighted by molar-refractivity contribution is 9.10. The van der Waals surface area contributed by atoms with Crippen LogP contribution in [0, 0.1) is 0 Å². The molecule has 216 valence electrons. The third kappa shape index (κ3) is 6.31. The molecule has 0 amide bonds. The molecular weight excluding hydrogens is 636 g/mol. The molecule has 42 heavy (non-hydrogen) atoms. The van der Waals surface area contributed by atoms with Crippen LogP contribution in [0.5, 0.6) is 5.75 Å². The minimum absolute atomic E-state index is 0.217. The molecule has 0 bridgehead atoms. The number of carbonyl (C=O) groups is 1. The first-order valence-electron chi connectivity index (χ1n) is 13.6. The van der Waals surface area contributed by atoms with Crippen LogP contribution in [0.15, 0.2) is 92.3 Å². The molecular formula is C33H30BrClN2O4S. The fraction of sp³-hybridized carbons (Fsp3) is 0.242. The zero-order valence-electron chi connectivity index (χ0n) is 23.7. The average Bonchev–Trinajstić information content (AvgIpc) is 3.26. The number of halogens is 2. The van der Waals surface area contributed by atoms with Crippen LogP contribution in [-0.2, 0) is 16.1 Å². The molecule has 6 nitrogen and oxygen atoms in total. The summed E-state index contributed by atoms with van der Waals surface area (Å²) >= 11 is 10.9. The van der Waals surface area contributed by atoms with Gasteiger partial charge in [-0.15, -0.1) is 0 Å². The van der Waals surface area contributed by atoms with E-state index in [0.717, 1.165) is 21.2 Å². The Morgan fingerprint density at radius 3 is 2.48 bits per heavy atom. The fourth-order valence-electron chi connectivity index (χ4n) is 4.79. The van der Waals surface area contributed by atoms with Crippen molar-refractivity contribution < 1.29 is 14.3 Å². The maximum atomic E-state index is 13.9. The van der Waals surface area contributed by atoms with Crippen molar-refractivity contribution in [2.24, 2.45) is 4.99 Å². The fourth-order valence-corrected chi connectivity index (χ4v) is 6.47. The van der Waals surface area contributed by atoms with Crippen molar-refractivity contribution in [3.8, 4) is 5.75 Å². The summed E-state index contributed by atoms with van der Waals surface area (Å²) in [5.74, 6) is 0.573. The number of aromatic nitrogens is 1. The largest absolute Gasteiger partial charge is 0.488 e. The van der Waals surface area contributed by atoms with Gasteiger partial charge in [-0.3, -0.25) is 9.36 Å². The standard InChI is InChI=1S/C33H30BrClN2O4S/c1-5-40-32(39)29-20(4)36-33-37(30(29)24-11-9-23(10-12-24)19(2)3)31(38)28(42-33)17-22-8-15-27(26(34)16-22)41-18-21-6-13-25(35)14-7-21/h6-17,19,30H,5,18H2,1-4H3/b28-17-/t30-/m0/s1. The van der Waals surface area contributed by atoms with Crippen molar-refractivity contribution in [1.82, 2.24) is 4.57 Å². The van der Waals surface area contributed by atoms with Crippen LogP contribution in [0.1, 0.15) is 61.9 Å². The molecule has 1 atom stereocenters. The van der Waals surface area contributed by atoms with Crippen LogP contribution >= 0.6 is 38.9 Å². The second-order valence-electron chi connectivity index (χ2n) is 10.2. The minimum atomic E-state index is -0.640. The molecule has 0 saturated heterocycles. The number of thiazole rings is 1. The van der Waals surface area contributed by atoms with Crippen molar-refractivity contribution in [1.29, 1.82) is 0 Å². The van der Waals surface area contributed by atoms with E-state index in [2.05, 4.69) is 34.8 Å². The number of allylic oxidation sites excluding steroid dienone is 1. The summed E-state index contributed by atoms with van der Waals surface area (Å²) in [7, 11) is 0. The van der Waals surface area contributed by atoms with Gasteiger partial charge in [-0.1, -0.05) is 79.2 Å². The summed E-state index contributed by atoms with van der Waals surface area (Å²) in [4.78, 5) is 32.2. The Morgan fingerprint density at radius 2 is 1.83 bits per heavy atom. The Bertz CT molecular complexity index is 1840. The molecule has 0 aliphatic carbocycles. The second kappa shape index (κ2) is 12.8. The Kier molecular flexibility index (Phi) is 9.16. The monoisotopic (exact) mass is 664 g/mol. The van der Waals surface area contributed by atoms with Crippen LogP contribution in [0.2, 0.25) is 5.02 Å². The van der Waals surface area contributed by atoms with Crippen molar-refractivity contribution in [2.45, 2.75) is 46.3 Å². The van der Waals surface area contributed by atoms with E-state index >= 15 is 0 Å². The molecule has 2 heterocycles. The van der Waals surface area contributed by atoms with Gasteiger partial charge in [-0.2, -0.15) is 0 Å². The lowest BCUT2D eigenvalue weighted by Gasteiger charge is -2.25. The van der Waals surface area contributed by atoms with E-state index < -0.39 is 12.0 Å². The molecule has 0 radical (unpaired) electrons. The number of esters is 1. The Balaban J connectivity index is 1.52. The van der Waals surface area contributed by atoms with Crippen molar-refractivity contribution in [2.75, 3.05) is 6.61 Å². The maximum absolute atomic E-state index is 13.9. The number of rotatable bonds is 8. The van der Waals surface area contributed by atoms with Crippen LogP contribution in [0.4, 0.5) is 0 Å². The van der Waals surface area contributed by atoms with Gasteiger partial charge in [-0.05, 0) is 88.3 Å². The van der Waals surface area contributed by atoms with Crippen LogP contribution in [-0.4, -0.2) is 17.1 Å². The molecule has 3 aromatic carbocycles. The molecule has 0 N–H and O–H groups in total. The molecule has 9 heteroatoms. The maximum Gasteiger partial charge on any atom is 0.338 e. The van der Waals surface area contributed by atoms with Crippen molar-refractivity contribution in [3.05, 3.63) is 129 Å². The first kappa shape index (κ1) is 30.0. The zero-order chi connectivity index (χ0) is 30.0. The lowest BCUT2D eigenvalue weighted by Crippen LogP contribution is -2.39. The molecule has 0 saturated carbocycles. The van der Waals surface area contributed by atoms with Gasteiger partial charge in [0, 0.05) is 5.02 Å². The predicted molar refractivity (Wildman–Crippen MR) is 171 cm³/mol. The van der Waals surface area contributed by atoms with Crippen LogP contribution in [0.3, 0.4) is 0 Å². The summed E-state index contributed by atoms with van der Waals surface area (Å²) in [5.41, 5.74) is 4.53. The minimum Gasteiger partial charge on any atom is -0.488 e. The third-order valence-corrected chi connectivity index (χ3v) is 8.85. The van der Waals surface area contributed by atoms with Gasteiger partial charge in [0.25, 0.3) is 5.56 Å². The van der Waals surface area contributed by atoms with E-state index in [1.54, 1.807) is 18.4 Å². The second-order valence-corrected chi connectivity index (χ2v) is 12.5. The number of fused-ring (bicyclic) bond motifs is 1. The van der Waals surface area contributed by atoms with Crippen molar-refractivity contribution >= 4 is 50.9 Å². The molecule has 0 spiro atoms. The third-order valence-electron chi connectivity index (χ3n) is 7.00. The molecule has 1 aliphatic heterocycles. The topological polar surface area (TPSA) is 69.9 Å². The first-order chi connectivity index (χ1) is 20.2. The van der Waals surface area contributed by atoms with Gasteiger partial charge in [0.1, 0.15) is 12.4 Å². The molecule has 5 rings (SSSR count). The van der Waals surface area contributed by atoms with E-state index in [1.165, 1.54) is 16.9 Å². The average molecular weight is 666 g/mol. The summed E-state index contributed by atoms with van der Waals surface area (Å²) in [5, 5.41) is 0.678.